The van der Waals surface area contributed by atoms with Gasteiger partial charge in [0.1, 0.15) is 0 Å². The van der Waals surface area contributed by atoms with Gasteiger partial charge in [-0.1, -0.05) is 81.4 Å². The van der Waals surface area contributed by atoms with E-state index < -0.39 is 0 Å². The zero-order valence-corrected chi connectivity index (χ0v) is 16.0. The lowest BCUT2D eigenvalue weighted by Gasteiger charge is -2.34. The standard InChI is InChI=1S/C22H30N2O/c1-21(2,3)16-22(4,5)24-20(25)23-19(17-12-8-6-9-13-17)18-14-10-7-11-15-18/h6-15,19H,16H2,1-5H3,(H2,23,24,25). The van der Waals surface area contributed by atoms with Crippen molar-refractivity contribution in [3.8, 4) is 0 Å². The zero-order valence-electron chi connectivity index (χ0n) is 16.0. The van der Waals surface area contributed by atoms with E-state index in [1.165, 1.54) is 0 Å². The Morgan fingerprint density at radius 2 is 1.28 bits per heavy atom. The van der Waals surface area contributed by atoms with E-state index in [0.29, 0.717) is 0 Å². The van der Waals surface area contributed by atoms with Crippen molar-refractivity contribution in [3.05, 3.63) is 71.8 Å². The van der Waals surface area contributed by atoms with Gasteiger partial charge in [0.15, 0.2) is 0 Å². The van der Waals surface area contributed by atoms with Crippen LogP contribution in [0.15, 0.2) is 60.7 Å². The first-order valence-corrected chi connectivity index (χ1v) is 8.85. The summed E-state index contributed by atoms with van der Waals surface area (Å²) in [5.74, 6) is 0. The lowest BCUT2D eigenvalue weighted by Crippen LogP contribution is -2.50. The van der Waals surface area contributed by atoms with Crippen LogP contribution >= 0.6 is 0 Å². The van der Waals surface area contributed by atoms with Crippen molar-refractivity contribution in [2.75, 3.05) is 0 Å². The molecule has 0 fully saturated rings. The molecule has 0 spiro atoms. The minimum absolute atomic E-state index is 0.146. The molecule has 0 bridgehead atoms. The average molecular weight is 338 g/mol. The van der Waals surface area contributed by atoms with Crippen LogP contribution in [0.3, 0.4) is 0 Å². The summed E-state index contributed by atoms with van der Waals surface area (Å²) in [6, 6.07) is 19.8. The second kappa shape index (κ2) is 7.73. The van der Waals surface area contributed by atoms with Crippen LogP contribution in [0.1, 0.15) is 58.2 Å². The topological polar surface area (TPSA) is 41.1 Å². The molecule has 0 radical (unpaired) electrons. The van der Waals surface area contributed by atoms with Gasteiger partial charge >= 0.3 is 6.03 Å². The predicted molar refractivity (Wildman–Crippen MR) is 105 cm³/mol. The van der Waals surface area contributed by atoms with E-state index in [-0.39, 0.29) is 23.0 Å². The quantitative estimate of drug-likeness (QED) is 0.764. The third-order valence-electron chi connectivity index (χ3n) is 3.97. The summed E-state index contributed by atoms with van der Waals surface area (Å²) in [6.45, 7) is 10.7. The highest BCUT2D eigenvalue weighted by atomic mass is 16.2. The Kier molecular flexibility index (Phi) is 5.89. The summed E-state index contributed by atoms with van der Waals surface area (Å²) in [6.07, 6.45) is 0.898. The van der Waals surface area contributed by atoms with E-state index in [4.69, 9.17) is 0 Å². The van der Waals surface area contributed by atoms with Gasteiger partial charge in [-0.3, -0.25) is 0 Å². The van der Waals surface area contributed by atoms with E-state index in [0.717, 1.165) is 17.5 Å². The van der Waals surface area contributed by atoms with Gasteiger partial charge in [-0.05, 0) is 36.8 Å². The first-order chi connectivity index (χ1) is 11.7. The first-order valence-electron chi connectivity index (χ1n) is 8.85. The number of rotatable bonds is 5. The van der Waals surface area contributed by atoms with Crippen LogP contribution in [-0.2, 0) is 0 Å². The van der Waals surface area contributed by atoms with Gasteiger partial charge in [-0.25, -0.2) is 4.79 Å². The molecular weight excluding hydrogens is 308 g/mol. The first kappa shape index (κ1) is 19.0. The van der Waals surface area contributed by atoms with Crippen molar-refractivity contribution in [2.45, 2.75) is 52.6 Å². The molecule has 3 heteroatoms. The van der Waals surface area contributed by atoms with Gasteiger partial charge in [0.25, 0.3) is 0 Å². The van der Waals surface area contributed by atoms with Gasteiger partial charge < -0.3 is 10.6 Å². The molecule has 0 aromatic heterocycles. The van der Waals surface area contributed by atoms with Crippen LogP contribution in [0, 0.1) is 5.41 Å². The fraction of sp³-hybridized carbons (Fsp3) is 0.409. The Labute approximate surface area is 151 Å². The Morgan fingerprint density at radius 3 is 1.68 bits per heavy atom. The SMILES string of the molecule is CC(C)(C)CC(C)(C)NC(=O)NC(c1ccccc1)c1ccccc1. The second-order valence-corrected chi connectivity index (χ2v) is 8.47. The van der Waals surface area contributed by atoms with Crippen molar-refractivity contribution >= 4 is 6.03 Å². The molecule has 0 unspecified atom stereocenters. The number of urea groups is 1. The number of hydrogen-bond donors (Lipinski definition) is 2. The maximum Gasteiger partial charge on any atom is 0.315 e. The molecule has 25 heavy (non-hydrogen) atoms. The minimum Gasteiger partial charge on any atom is -0.333 e. The zero-order chi connectivity index (χ0) is 18.5. The summed E-state index contributed by atoms with van der Waals surface area (Å²) >= 11 is 0. The molecule has 2 aromatic rings. The number of benzene rings is 2. The molecule has 2 rings (SSSR count). The Balaban J connectivity index is 2.16. The fourth-order valence-corrected chi connectivity index (χ4v) is 3.49. The van der Waals surface area contributed by atoms with Crippen LogP contribution in [-0.4, -0.2) is 11.6 Å². The molecule has 3 nitrogen and oxygen atoms in total. The molecule has 0 aliphatic carbocycles. The van der Waals surface area contributed by atoms with E-state index in [2.05, 4.69) is 45.3 Å². The normalized spacial score (nSPS) is 12.1. The molecule has 0 saturated carbocycles. The van der Waals surface area contributed by atoms with E-state index in [1.54, 1.807) is 0 Å². The molecule has 2 aromatic carbocycles. The van der Waals surface area contributed by atoms with Crippen molar-refractivity contribution in [1.82, 2.24) is 10.6 Å². The summed E-state index contributed by atoms with van der Waals surface area (Å²) in [5.41, 5.74) is 2.00. The number of hydrogen-bond acceptors (Lipinski definition) is 1. The monoisotopic (exact) mass is 338 g/mol. The number of carbonyl (C=O) groups excluding carboxylic acids is 1. The highest BCUT2D eigenvalue weighted by molar-refractivity contribution is 5.75. The smallest absolute Gasteiger partial charge is 0.315 e. The lowest BCUT2D eigenvalue weighted by molar-refractivity contribution is 0.209. The summed E-state index contributed by atoms with van der Waals surface area (Å²) in [5, 5.41) is 6.27. The molecular formula is C22H30N2O. The van der Waals surface area contributed by atoms with Gasteiger partial charge in [-0.15, -0.1) is 0 Å². The van der Waals surface area contributed by atoms with Gasteiger partial charge in [0, 0.05) is 5.54 Å². The Hall–Kier alpha value is -2.29. The van der Waals surface area contributed by atoms with Crippen LogP contribution in [0.2, 0.25) is 0 Å². The van der Waals surface area contributed by atoms with Crippen LogP contribution in [0.4, 0.5) is 4.79 Å². The third kappa shape index (κ3) is 6.26. The van der Waals surface area contributed by atoms with Crippen molar-refractivity contribution in [1.29, 1.82) is 0 Å². The molecule has 2 amide bonds. The van der Waals surface area contributed by atoms with Gasteiger partial charge in [0.05, 0.1) is 6.04 Å². The number of nitrogens with one attached hydrogen (secondary N) is 2. The maximum absolute atomic E-state index is 12.7. The Bertz CT molecular complexity index is 633. The molecule has 0 aliphatic rings. The second-order valence-electron chi connectivity index (χ2n) is 8.47. The predicted octanol–water partition coefficient (Wildman–Crippen LogP) is 5.29. The maximum atomic E-state index is 12.7. The third-order valence-corrected chi connectivity index (χ3v) is 3.97. The molecule has 0 aliphatic heterocycles. The lowest BCUT2D eigenvalue weighted by atomic mass is 9.82. The van der Waals surface area contributed by atoms with E-state index in [1.807, 2.05) is 60.7 Å². The highest BCUT2D eigenvalue weighted by Gasteiger charge is 2.28. The van der Waals surface area contributed by atoms with Crippen molar-refractivity contribution in [2.24, 2.45) is 5.41 Å². The van der Waals surface area contributed by atoms with Crippen LogP contribution < -0.4 is 10.6 Å². The molecule has 2 N–H and O–H groups in total. The molecule has 134 valence electrons. The average Bonchev–Trinajstić information content (AvgIpc) is 2.51. The van der Waals surface area contributed by atoms with E-state index in [9.17, 15) is 4.79 Å². The summed E-state index contributed by atoms with van der Waals surface area (Å²) in [7, 11) is 0. The number of amides is 2. The molecule has 0 heterocycles. The van der Waals surface area contributed by atoms with Crippen LogP contribution in [0.5, 0.6) is 0 Å². The van der Waals surface area contributed by atoms with Crippen LogP contribution in [0.25, 0.3) is 0 Å². The Morgan fingerprint density at radius 1 is 0.840 bits per heavy atom. The summed E-state index contributed by atoms with van der Waals surface area (Å²) < 4.78 is 0. The van der Waals surface area contributed by atoms with Gasteiger partial charge in [-0.2, -0.15) is 0 Å². The van der Waals surface area contributed by atoms with Crippen molar-refractivity contribution < 1.29 is 4.79 Å². The largest absolute Gasteiger partial charge is 0.333 e. The molecule has 0 atom stereocenters. The van der Waals surface area contributed by atoms with Crippen molar-refractivity contribution in [3.63, 3.8) is 0 Å². The molecule has 0 saturated heterocycles. The summed E-state index contributed by atoms with van der Waals surface area (Å²) in [4.78, 5) is 12.7. The van der Waals surface area contributed by atoms with Gasteiger partial charge in [0.2, 0.25) is 0 Å². The number of carbonyl (C=O) groups is 1. The fourth-order valence-electron chi connectivity index (χ4n) is 3.49. The minimum atomic E-state index is -0.278. The highest BCUT2D eigenvalue weighted by Crippen LogP contribution is 2.27. The van der Waals surface area contributed by atoms with E-state index >= 15 is 0 Å².